The molecule has 5 heteroatoms. The summed E-state index contributed by atoms with van der Waals surface area (Å²) < 4.78 is 32.5. The van der Waals surface area contributed by atoms with Crippen LogP contribution < -0.4 is 0 Å². The predicted molar refractivity (Wildman–Crippen MR) is 146 cm³/mol. The van der Waals surface area contributed by atoms with E-state index in [1.54, 1.807) is 12.1 Å². The molecule has 0 heterocycles. The third kappa shape index (κ3) is 3.47. The SMILES string of the molecule is I.O=S(=O)(O)c1ccc2ccc3cccc4ccc1c2c34.c1ccc2c(c1)-c1ccccc1-2. The van der Waals surface area contributed by atoms with Gasteiger partial charge in [-0.1, -0.05) is 97.1 Å². The maximum atomic E-state index is 11.5. The van der Waals surface area contributed by atoms with E-state index in [2.05, 4.69) is 48.5 Å². The third-order valence-electron chi connectivity index (χ3n) is 6.20. The normalized spacial score (nSPS) is 11.8. The van der Waals surface area contributed by atoms with Crippen molar-refractivity contribution in [3.8, 4) is 22.3 Å². The van der Waals surface area contributed by atoms with Gasteiger partial charge in [-0.2, -0.15) is 8.42 Å². The monoisotopic (exact) mass is 562 g/mol. The zero-order chi connectivity index (χ0) is 21.9. The van der Waals surface area contributed by atoms with E-state index < -0.39 is 10.1 Å². The van der Waals surface area contributed by atoms with Crippen LogP contribution in [-0.4, -0.2) is 13.0 Å². The Morgan fingerprint density at radius 1 is 0.485 bits per heavy atom. The second kappa shape index (κ2) is 8.09. The Morgan fingerprint density at radius 2 is 0.909 bits per heavy atom. The lowest BCUT2D eigenvalue weighted by Gasteiger charge is -2.22. The van der Waals surface area contributed by atoms with E-state index >= 15 is 0 Å². The van der Waals surface area contributed by atoms with E-state index in [0.717, 1.165) is 26.9 Å². The van der Waals surface area contributed by atoms with E-state index in [0.29, 0.717) is 5.39 Å². The fraction of sp³-hybridized carbons (Fsp3) is 0. The molecule has 0 aromatic heterocycles. The number of fused-ring (bicyclic) bond motifs is 4. The summed E-state index contributed by atoms with van der Waals surface area (Å²) in [6.45, 7) is 0. The van der Waals surface area contributed by atoms with Crippen LogP contribution in [0, 0.1) is 0 Å². The van der Waals surface area contributed by atoms with Crippen LogP contribution in [0.15, 0.2) is 108 Å². The first-order valence-electron chi connectivity index (χ1n) is 10.4. The largest absolute Gasteiger partial charge is 0.295 e. The van der Waals surface area contributed by atoms with Gasteiger partial charge in [0.25, 0.3) is 10.1 Å². The first-order chi connectivity index (χ1) is 15.5. The van der Waals surface area contributed by atoms with Gasteiger partial charge in [0.15, 0.2) is 0 Å². The third-order valence-corrected chi connectivity index (χ3v) is 7.11. The summed E-state index contributed by atoms with van der Waals surface area (Å²) in [5, 5.41) is 5.58. The first-order valence-corrected chi connectivity index (χ1v) is 11.8. The van der Waals surface area contributed by atoms with Gasteiger partial charge in [-0.3, -0.25) is 4.55 Å². The van der Waals surface area contributed by atoms with Gasteiger partial charge < -0.3 is 0 Å². The summed E-state index contributed by atoms with van der Waals surface area (Å²) >= 11 is 0. The van der Waals surface area contributed by atoms with Crippen molar-refractivity contribution in [2.75, 3.05) is 0 Å². The van der Waals surface area contributed by atoms with Gasteiger partial charge in [-0.05, 0) is 55.3 Å². The Kier molecular flexibility index (Phi) is 5.35. The molecule has 1 aliphatic rings. The molecule has 162 valence electrons. The minimum atomic E-state index is -4.23. The molecule has 0 bridgehead atoms. The average molecular weight is 562 g/mol. The highest BCUT2D eigenvalue weighted by atomic mass is 127. The van der Waals surface area contributed by atoms with Crippen molar-refractivity contribution in [2.24, 2.45) is 0 Å². The van der Waals surface area contributed by atoms with E-state index in [1.165, 1.54) is 28.3 Å². The molecule has 3 nitrogen and oxygen atoms in total. The fourth-order valence-electron chi connectivity index (χ4n) is 4.78. The summed E-state index contributed by atoms with van der Waals surface area (Å²) in [4.78, 5) is -0.0387. The second-order valence-electron chi connectivity index (χ2n) is 7.99. The number of benzene rings is 6. The summed E-state index contributed by atoms with van der Waals surface area (Å²) in [6, 6.07) is 33.9. The maximum absolute atomic E-state index is 11.5. The van der Waals surface area contributed by atoms with Crippen molar-refractivity contribution in [2.45, 2.75) is 4.90 Å². The van der Waals surface area contributed by atoms with Crippen LogP contribution in [0.2, 0.25) is 0 Å². The average Bonchev–Trinajstić information content (AvgIpc) is 2.80. The molecule has 1 N–H and O–H groups in total. The second-order valence-corrected chi connectivity index (χ2v) is 9.38. The lowest BCUT2D eigenvalue weighted by molar-refractivity contribution is 0.484. The fourth-order valence-corrected chi connectivity index (χ4v) is 5.46. The van der Waals surface area contributed by atoms with Crippen molar-refractivity contribution in [1.82, 2.24) is 0 Å². The Balaban J connectivity index is 0.000000150. The Hall–Kier alpha value is -3.00. The lowest BCUT2D eigenvalue weighted by Crippen LogP contribution is -1.99. The van der Waals surface area contributed by atoms with Crippen LogP contribution >= 0.6 is 24.0 Å². The molecule has 0 fully saturated rings. The van der Waals surface area contributed by atoms with Gasteiger partial charge in [-0.25, -0.2) is 0 Å². The standard InChI is InChI=1S/C16H10O3S.C12H8.HI/c17-20(18,19)14-9-7-12-5-4-10-2-1-3-11-6-8-13(14)16(12)15(10)11;1-2-6-10-9(5-1)11-7-3-4-8-12(10)11;/h1-9H,(H,17,18,19);1-8H;1H. The molecule has 0 amide bonds. The van der Waals surface area contributed by atoms with Crippen LogP contribution in [-0.2, 0) is 10.1 Å². The summed E-state index contributed by atoms with van der Waals surface area (Å²) in [6.07, 6.45) is 0. The van der Waals surface area contributed by atoms with Crippen molar-refractivity contribution in [3.63, 3.8) is 0 Å². The van der Waals surface area contributed by atoms with Crippen LogP contribution in [0.5, 0.6) is 0 Å². The number of rotatable bonds is 1. The molecule has 1 aliphatic carbocycles. The van der Waals surface area contributed by atoms with Crippen LogP contribution in [0.1, 0.15) is 0 Å². The smallest absolute Gasteiger partial charge is 0.282 e. The molecule has 0 spiro atoms. The van der Waals surface area contributed by atoms with E-state index in [1.807, 2.05) is 36.4 Å². The summed E-state index contributed by atoms with van der Waals surface area (Å²) in [5.74, 6) is 0. The first kappa shape index (κ1) is 21.8. The lowest BCUT2D eigenvalue weighted by atomic mass is 9.81. The van der Waals surface area contributed by atoms with Crippen molar-refractivity contribution in [3.05, 3.63) is 103 Å². The molecule has 0 radical (unpaired) electrons. The Labute approximate surface area is 208 Å². The zero-order valence-corrected chi connectivity index (χ0v) is 20.5. The van der Waals surface area contributed by atoms with Gasteiger partial charge in [0.05, 0.1) is 0 Å². The van der Waals surface area contributed by atoms with Crippen molar-refractivity contribution < 1.29 is 13.0 Å². The van der Waals surface area contributed by atoms with E-state index in [4.69, 9.17) is 0 Å². The summed E-state index contributed by atoms with van der Waals surface area (Å²) in [7, 11) is -4.23. The number of halogens is 1. The van der Waals surface area contributed by atoms with Crippen LogP contribution in [0.3, 0.4) is 0 Å². The van der Waals surface area contributed by atoms with Gasteiger partial charge in [0, 0.05) is 5.39 Å². The van der Waals surface area contributed by atoms with Gasteiger partial charge in [0.2, 0.25) is 0 Å². The molecule has 6 aromatic carbocycles. The molecule has 0 aliphatic heterocycles. The predicted octanol–water partition coefficient (Wildman–Crippen LogP) is 7.78. The Morgan fingerprint density at radius 3 is 1.39 bits per heavy atom. The Bertz CT molecular complexity index is 1640. The van der Waals surface area contributed by atoms with Gasteiger partial charge in [0.1, 0.15) is 4.90 Å². The minimum absolute atomic E-state index is 0. The zero-order valence-electron chi connectivity index (χ0n) is 17.4. The molecule has 0 atom stereocenters. The number of hydrogen-bond donors (Lipinski definition) is 1. The molecular formula is C28H19IO3S. The van der Waals surface area contributed by atoms with Crippen molar-refractivity contribution >= 4 is 66.4 Å². The van der Waals surface area contributed by atoms with Crippen LogP contribution in [0.4, 0.5) is 0 Å². The quantitative estimate of drug-likeness (QED) is 0.126. The highest BCUT2D eigenvalue weighted by Gasteiger charge is 2.19. The minimum Gasteiger partial charge on any atom is -0.282 e. The maximum Gasteiger partial charge on any atom is 0.295 e. The van der Waals surface area contributed by atoms with E-state index in [9.17, 15) is 13.0 Å². The molecule has 0 saturated carbocycles. The van der Waals surface area contributed by atoms with E-state index in [-0.39, 0.29) is 28.9 Å². The summed E-state index contributed by atoms with van der Waals surface area (Å²) in [5.41, 5.74) is 5.59. The highest BCUT2D eigenvalue weighted by Crippen LogP contribution is 2.46. The van der Waals surface area contributed by atoms with Gasteiger partial charge >= 0.3 is 0 Å². The molecular weight excluding hydrogens is 543 g/mol. The van der Waals surface area contributed by atoms with Gasteiger partial charge in [-0.15, -0.1) is 24.0 Å². The number of hydrogen-bond acceptors (Lipinski definition) is 2. The molecule has 7 rings (SSSR count). The van der Waals surface area contributed by atoms with Crippen LogP contribution in [0.25, 0.3) is 54.6 Å². The highest BCUT2D eigenvalue weighted by molar-refractivity contribution is 14.0. The molecule has 0 unspecified atom stereocenters. The molecule has 0 saturated heterocycles. The molecule has 6 aromatic rings. The topological polar surface area (TPSA) is 54.4 Å². The van der Waals surface area contributed by atoms with Crippen molar-refractivity contribution in [1.29, 1.82) is 0 Å². The molecule has 33 heavy (non-hydrogen) atoms.